The monoisotopic (exact) mass is 703 g/mol. The van der Waals surface area contributed by atoms with Crippen LogP contribution in [0.4, 0.5) is 17.1 Å². The maximum absolute atomic E-state index is 6.52. The van der Waals surface area contributed by atoms with E-state index in [1.165, 1.54) is 5.39 Å². The Balaban J connectivity index is 1.11. The molecule has 0 atom stereocenters. The van der Waals surface area contributed by atoms with Gasteiger partial charge in [0.2, 0.25) is 0 Å². The van der Waals surface area contributed by atoms with E-state index in [0.717, 1.165) is 99.7 Å². The number of furan rings is 2. The Morgan fingerprint density at radius 1 is 0.309 bits per heavy atom. The van der Waals surface area contributed by atoms with Crippen LogP contribution in [-0.4, -0.2) is 0 Å². The molecule has 55 heavy (non-hydrogen) atoms. The molecule has 0 bridgehead atoms. The molecule has 11 aromatic rings. The molecule has 0 N–H and O–H groups in total. The van der Waals surface area contributed by atoms with Gasteiger partial charge in [-0.15, -0.1) is 0 Å². The summed E-state index contributed by atoms with van der Waals surface area (Å²) in [6.45, 7) is 0. The van der Waals surface area contributed by atoms with Crippen LogP contribution in [0.5, 0.6) is 0 Å². The number of hydrogen-bond acceptors (Lipinski definition) is 3. The summed E-state index contributed by atoms with van der Waals surface area (Å²) >= 11 is 0. The average molecular weight is 704 g/mol. The number of benzene rings is 9. The van der Waals surface area contributed by atoms with Gasteiger partial charge in [0, 0.05) is 43.7 Å². The highest BCUT2D eigenvalue weighted by molar-refractivity contribution is 6.16. The SMILES string of the molecule is c1ccc(-c2ccccc2N(c2cccc(-c3ccc4oc5ccccc5c4c3)c2)c2ccccc2-c2ccc3oc4c5ccccc5ccc4c3c2)cc1. The van der Waals surface area contributed by atoms with E-state index in [1.807, 2.05) is 12.1 Å². The number of rotatable bonds is 6. The molecule has 0 aliphatic heterocycles. The maximum Gasteiger partial charge on any atom is 0.143 e. The van der Waals surface area contributed by atoms with Crippen molar-refractivity contribution in [1.29, 1.82) is 0 Å². The second-order valence-electron chi connectivity index (χ2n) is 14.1. The van der Waals surface area contributed by atoms with Gasteiger partial charge in [0.05, 0.1) is 11.4 Å². The van der Waals surface area contributed by atoms with Gasteiger partial charge in [-0.2, -0.15) is 0 Å². The fourth-order valence-corrected chi connectivity index (χ4v) is 8.25. The third kappa shape index (κ3) is 5.20. The number of nitrogens with zero attached hydrogens (tertiary/aromatic N) is 1. The van der Waals surface area contributed by atoms with E-state index in [2.05, 4.69) is 193 Å². The lowest BCUT2D eigenvalue weighted by molar-refractivity contribution is 0.669. The van der Waals surface area contributed by atoms with Crippen LogP contribution in [-0.2, 0) is 0 Å². The summed E-state index contributed by atoms with van der Waals surface area (Å²) in [5.74, 6) is 0. The van der Waals surface area contributed by atoms with Gasteiger partial charge in [-0.25, -0.2) is 0 Å². The molecule has 2 heterocycles. The van der Waals surface area contributed by atoms with Crippen molar-refractivity contribution in [3.8, 4) is 33.4 Å². The van der Waals surface area contributed by atoms with Gasteiger partial charge in [-0.05, 0) is 88.3 Å². The minimum atomic E-state index is 0.883. The molecule has 11 rings (SSSR count). The van der Waals surface area contributed by atoms with Crippen LogP contribution in [0.3, 0.4) is 0 Å². The van der Waals surface area contributed by atoms with Crippen molar-refractivity contribution in [2.24, 2.45) is 0 Å². The molecule has 0 amide bonds. The summed E-state index contributed by atoms with van der Waals surface area (Å²) in [4.78, 5) is 2.41. The highest BCUT2D eigenvalue weighted by Crippen LogP contribution is 2.46. The normalized spacial score (nSPS) is 11.6. The molecule has 0 fully saturated rings. The predicted molar refractivity (Wildman–Crippen MR) is 229 cm³/mol. The molecule has 0 radical (unpaired) electrons. The first-order valence-corrected chi connectivity index (χ1v) is 18.7. The molecule has 0 spiro atoms. The fraction of sp³-hybridized carbons (Fsp3) is 0. The summed E-state index contributed by atoms with van der Waals surface area (Å²) < 4.78 is 12.7. The molecule has 0 aliphatic rings. The summed E-state index contributed by atoms with van der Waals surface area (Å²) in [6.07, 6.45) is 0. The Hall–Kier alpha value is -7.36. The van der Waals surface area contributed by atoms with E-state index in [9.17, 15) is 0 Å². The van der Waals surface area contributed by atoms with Crippen LogP contribution < -0.4 is 4.90 Å². The molecular weight excluding hydrogens is 671 g/mol. The Labute approximate surface area is 317 Å². The summed E-state index contributed by atoms with van der Waals surface area (Å²) in [5, 5.41) is 6.76. The number of hydrogen-bond donors (Lipinski definition) is 0. The lowest BCUT2D eigenvalue weighted by atomic mass is 9.97. The zero-order chi connectivity index (χ0) is 36.3. The highest BCUT2D eigenvalue weighted by Gasteiger charge is 2.22. The molecule has 258 valence electrons. The minimum absolute atomic E-state index is 0.883. The largest absolute Gasteiger partial charge is 0.456 e. The molecule has 9 aromatic carbocycles. The summed E-state index contributed by atoms with van der Waals surface area (Å²) in [6, 6.07) is 71.1. The van der Waals surface area contributed by atoms with Gasteiger partial charge in [-0.1, -0.05) is 140 Å². The lowest BCUT2D eigenvalue weighted by Gasteiger charge is -2.30. The van der Waals surface area contributed by atoms with E-state index < -0.39 is 0 Å². The Bertz CT molecular complexity index is 3220. The predicted octanol–water partition coefficient (Wildman–Crippen LogP) is 15.1. The second kappa shape index (κ2) is 12.6. The van der Waals surface area contributed by atoms with E-state index >= 15 is 0 Å². The Morgan fingerprint density at radius 2 is 0.891 bits per heavy atom. The maximum atomic E-state index is 6.52. The molecule has 0 saturated carbocycles. The molecule has 0 aliphatic carbocycles. The van der Waals surface area contributed by atoms with Crippen LogP contribution in [0.1, 0.15) is 0 Å². The van der Waals surface area contributed by atoms with Gasteiger partial charge < -0.3 is 13.7 Å². The van der Waals surface area contributed by atoms with Gasteiger partial charge >= 0.3 is 0 Å². The topological polar surface area (TPSA) is 29.5 Å². The summed E-state index contributed by atoms with van der Waals surface area (Å²) in [7, 11) is 0. The lowest BCUT2D eigenvalue weighted by Crippen LogP contribution is -2.12. The first-order chi connectivity index (χ1) is 27.3. The van der Waals surface area contributed by atoms with Crippen LogP contribution in [0.25, 0.3) is 88.0 Å². The van der Waals surface area contributed by atoms with Crippen molar-refractivity contribution in [2.75, 3.05) is 4.90 Å². The quantitative estimate of drug-likeness (QED) is 0.173. The molecule has 3 heteroatoms. The number of fused-ring (bicyclic) bond motifs is 8. The number of para-hydroxylation sites is 3. The van der Waals surface area contributed by atoms with Crippen LogP contribution in [0.15, 0.2) is 209 Å². The molecule has 3 nitrogen and oxygen atoms in total. The van der Waals surface area contributed by atoms with Crippen molar-refractivity contribution in [3.05, 3.63) is 200 Å². The van der Waals surface area contributed by atoms with Crippen molar-refractivity contribution < 1.29 is 8.83 Å². The molecular formula is C52H33NO2. The van der Waals surface area contributed by atoms with Crippen molar-refractivity contribution >= 4 is 71.7 Å². The van der Waals surface area contributed by atoms with Crippen LogP contribution >= 0.6 is 0 Å². The molecule has 2 aromatic heterocycles. The average Bonchev–Trinajstić information content (AvgIpc) is 3.83. The Morgan fingerprint density at radius 3 is 1.73 bits per heavy atom. The van der Waals surface area contributed by atoms with E-state index in [0.29, 0.717) is 0 Å². The first-order valence-electron chi connectivity index (χ1n) is 18.7. The minimum Gasteiger partial charge on any atom is -0.456 e. The van der Waals surface area contributed by atoms with Gasteiger partial charge in [0.25, 0.3) is 0 Å². The zero-order valence-corrected chi connectivity index (χ0v) is 29.8. The smallest absolute Gasteiger partial charge is 0.143 e. The van der Waals surface area contributed by atoms with Crippen molar-refractivity contribution in [1.82, 2.24) is 0 Å². The third-order valence-electron chi connectivity index (χ3n) is 10.9. The standard InChI is InChI=1S/C52H33NO2/c1-2-13-34(14-3-1)40-18-6-9-22-47(40)53(39-17-12-16-36(31-39)37-26-29-50-45(32-37)43-21-8-11-24-49(43)54-50)48-23-10-7-19-41(48)38-27-30-51-46(33-38)44-28-25-35-15-4-5-20-42(35)52(44)55-51/h1-33H. The molecule has 0 unspecified atom stereocenters. The second-order valence-corrected chi connectivity index (χ2v) is 14.1. The summed E-state index contributed by atoms with van der Waals surface area (Å²) in [5.41, 5.74) is 13.7. The van der Waals surface area contributed by atoms with E-state index in [-0.39, 0.29) is 0 Å². The Kier molecular flexibility index (Phi) is 7.17. The van der Waals surface area contributed by atoms with Gasteiger partial charge in [-0.3, -0.25) is 0 Å². The van der Waals surface area contributed by atoms with Crippen LogP contribution in [0, 0.1) is 0 Å². The van der Waals surface area contributed by atoms with Gasteiger partial charge in [0.1, 0.15) is 22.3 Å². The van der Waals surface area contributed by atoms with Crippen molar-refractivity contribution in [3.63, 3.8) is 0 Å². The van der Waals surface area contributed by atoms with E-state index in [1.54, 1.807) is 0 Å². The highest BCUT2D eigenvalue weighted by atomic mass is 16.3. The first kappa shape index (κ1) is 31.2. The number of anilines is 3. The third-order valence-corrected chi connectivity index (χ3v) is 10.9. The van der Waals surface area contributed by atoms with Crippen LogP contribution in [0.2, 0.25) is 0 Å². The zero-order valence-electron chi connectivity index (χ0n) is 29.8. The molecule has 0 saturated heterocycles. The van der Waals surface area contributed by atoms with Gasteiger partial charge in [0.15, 0.2) is 0 Å². The van der Waals surface area contributed by atoms with Crippen molar-refractivity contribution in [2.45, 2.75) is 0 Å². The van der Waals surface area contributed by atoms with E-state index in [4.69, 9.17) is 8.83 Å². The fourth-order valence-electron chi connectivity index (χ4n) is 8.25.